The minimum absolute atomic E-state index is 0.228. The first kappa shape index (κ1) is 14.9. The SMILES string of the molecule is Cc1ccc(Oc2cc3c(cc2Cl)N=C(C(F)(F)F)C3)cc1. The summed E-state index contributed by atoms with van der Waals surface area (Å²) in [6.07, 6.45) is -4.69. The molecule has 0 unspecified atom stereocenters. The summed E-state index contributed by atoms with van der Waals surface area (Å²) in [5, 5.41) is 0.228. The molecular weight excluding hydrogens is 315 g/mol. The van der Waals surface area contributed by atoms with Crippen LogP contribution in [0.25, 0.3) is 0 Å². The quantitative estimate of drug-likeness (QED) is 0.701. The van der Waals surface area contributed by atoms with E-state index in [-0.39, 0.29) is 17.1 Å². The molecule has 0 saturated heterocycles. The van der Waals surface area contributed by atoms with Gasteiger partial charge in [-0.2, -0.15) is 13.2 Å². The number of halogens is 4. The summed E-state index contributed by atoms with van der Waals surface area (Å²) in [4.78, 5) is 3.60. The third kappa shape index (κ3) is 2.95. The van der Waals surface area contributed by atoms with E-state index in [0.717, 1.165) is 5.56 Å². The number of aliphatic imine (C=N–C) groups is 1. The van der Waals surface area contributed by atoms with E-state index in [9.17, 15) is 13.2 Å². The molecule has 0 bridgehead atoms. The van der Waals surface area contributed by atoms with E-state index in [1.807, 2.05) is 19.1 Å². The highest BCUT2D eigenvalue weighted by atomic mass is 35.5. The van der Waals surface area contributed by atoms with Gasteiger partial charge >= 0.3 is 6.18 Å². The molecule has 0 spiro atoms. The molecule has 1 aliphatic rings. The zero-order valence-electron chi connectivity index (χ0n) is 11.5. The van der Waals surface area contributed by atoms with Gasteiger partial charge in [0, 0.05) is 6.42 Å². The zero-order valence-corrected chi connectivity index (χ0v) is 12.3. The fourth-order valence-corrected chi connectivity index (χ4v) is 2.37. The Morgan fingerprint density at radius 1 is 1.14 bits per heavy atom. The summed E-state index contributed by atoms with van der Waals surface area (Å²) in [6, 6.07) is 10.2. The van der Waals surface area contributed by atoms with E-state index < -0.39 is 11.9 Å². The lowest BCUT2D eigenvalue weighted by molar-refractivity contribution is -0.0597. The topological polar surface area (TPSA) is 21.6 Å². The highest BCUT2D eigenvalue weighted by Crippen LogP contribution is 2.40. The predicted octanol–water partition coefficient (Wildman–Crippen LogP) is 5.63. The van der Waals surface area contributed by atoms with Crippen molar-refractivity contribution in [2.45, 2.75) is 19.5 Å². The lowest BCUT2D eigenvalue weighted by atomic mass is 10.1. The molecule has 114 valence electrons. The van der Waals surface area contributed by atoms with E-state index in [2.05, 4.69) is 4.99 Å². The largest absolute Gasteiger partial charge is 0.456 e. The fraction of sp³-hybridized carbons (Fsp3) is 0.188. The average molecular weight is 326 g/mol. The number of ether oxygens (including phenoxy) is 1. The maximum absolute atomic E-state index is 12.7. The molecule has 0 atom stereocenters. The lowest BCUT2D eigenvalue weighted by Crippen LogP contribution is -2.22. The third-order valence-corrected chi connectivity index (χ3v) is 3.62. The minimum Gasteiger partial charge on any atom is -0.456 e. The molecule has 0 N–H and O–H groups in total. The van der Waals surface area contributed by atoms with Crippen LogP contribution in [-0.4, -0.2) is 11.9 Å². The molecule has 0 amide bonds. The minimum atomic E-state index is -4.43. The van der Waals surface area contributed by atoms with Crippen molar-refractivity contribution in [3.8, 4) is 11.5 Å². The van der Waals surface area contributed by atoms with Crippen molar-refractivity contribution in [3.05, 3.63) is 52.5 Å². The summed E-state index contributed by atoms with van der Waals surface area (Å²) < 4.78 is 43.8. The van der Waals surface area contributed by atoms with Crippen molar-refractivity contribution >= 4 is 23.0 Å². The Morgan fingerprint density at radius 2 is 1.82 bits per heavy atom. The van der Waals surface area contributed by atoms with Crippen LogP contribution in [-0.2, 0) is 6.42 Å². The van der Waals surface area contributed by atoms with Gasteiger partial charge in [0.05, 0.1) is 10.7 Å². The van der Waals surface area contributed by atoms with Crippen LogP contribution in [0.2, 0.25) is 5.02 Å². The highest BCUT2D eigenvalue weighted by molar-refractivity contribution is 6.32. The number of benzene rings is 2. The molecule has 0 saturated carbocycles. The fourth-order valence-electron chi connectivity index (χ4n) is 2.17. The van der Waals surface area contributed by atoms with Crippen LogP contribution in [0.3, 0.4) is 0 Å². The van der Waals surface area contributed by atoms with Gasteiger partial charge in [-0.3, -0.25) is 0 Å². The Morgan fingerprint density at radius 3 is 2.45 bits per heavy atom. The molecule has 0 fully saturated rings. The Balaban J connectivity index is 1.88. The van der Waals surface area contributed by atoms with E-state index in [1.54, 1.807) is 12.1 Å². The maximum atomic E-state index is 12.7. The summed E-state index contributed by atoms with van der Waals surface area (Å²) >= 11 is 6.08. The molecule has 2 nitrogen and oxygen atoms in total. The van der Waals surface area contributed by atoms with Crippen molar-refractivity contribution in [1.29, 1.82) is 0 Å². The molecule has 22 heavy (non-hydrogen) atoms. The second kappa shape index (κ2) is 5.32. The van der Waals surface area contributed by atoms with E-state index in [0.29, 0.717) is 17.1 Å². The van der Waals surface area contributed by atoms with Crippen molar-refractivity contribution < 1.29 is 17.9 Å². The average Bonchev–Trinajstić information content (AvgIpc) is 2.84. The van der Waals surface area contributed by atoms with E-state index in [4.69, 9.17) is 16.3 Å². The zero-order chi connectivity index (χ0) is 15.9. The van der Waals surface area contributed by atoms with Crippen LogP contribution < -0.4 is 4.74 Å². The molecular formula is C16H11ClF3NO. The molecule has 0 aromatic heterocycles. The van der Waals surface area contributed by atoms with Crippen molar-refractivity contribution in [2.24, 2.45) is 4.99 Å². The van der Waals surface area contributed by atoms with Crippen LogP contribution >= 0.6 is 11.6 Å². The Labute approximate surface area is 130 Å². The van der Waals surface area contributed by atoms with Crippen molar-refractivity contribution in [2.75, 3.05) is 0 Å². The molecule has 1 heterocycles. The van der Waals surface area contributed by atoms with E-state index >= 15 is 0 Å². The predicted molar refractivity (Wildman–Crippen MR) is 79.6 cm³/mol. The number of nitrogens with zero attached hydrogens (tertiary/aromatic N) is 1. The first-order chi connectivity index (χ1) is 10.3. The Hall–Kier alpha value is -2.01. The normalized spacial score (nSPS) is 13.8. The third-order valence-electron chi connectivity index (χ3n) is 3.32. The monoisotopic (exact) mass is 325 g/mol. The van der Waals surface area contributed by atoms with Crippen LogP contribution in [0.1, 0.15) is 11.1 Å². The highest BCUT2D eigenvalue weighted by Gasteiger charge is 2.38. The second-order valence-electron chi connectivity index (χ2n) is 5.06. The van der Waals surface area contributed by atoms with E-state index in [1.165, 1.54) is 12.1 Å². The summed E-state index contributed by atoms with van der Waals surface area (Å²) in [5.41, 5.74) is 0.967. The summed E-state index contributed by atoms with van der Waals surface area (Å²) in [6.45, 7) is 1.95. The summed E-state index contributed by atoms with van der Waals surface area (Å²) in [7, 11) is 0. The van der Waals surface area contributed by atoms with Crippen LogP contribution in [0.15, 0.2) is 41.4 Å². The molecule has 3 rings (SSSR count). The van der Waals surface area contributed by atoms with Gasteiger partial charge in [-0.05, 0) is 36.8 Å². The van der Waals surface area contributed by atoms with Crippen molar-refractivity contribution in [1.82, 2.24) is 0 Å². The molecule has 0 radical (unpaired) electrons. The number of hydrogen-bond donors (Lipinski definition) is 0. The van der Waals surface area contributed by atoms with Gasteiger partial charge in [0.1, 0.15) is 17.2 Å². The summed E-state index contributed by atoms with van der Waals surface area (Å²) in [5.74, 6) is 0.894. The second-order valence-corrected chi connectivity index (χ2v) is 5.47. The lowest BCUT2D eigenvalue weighted by Gasteiger charge is -2.09. The smallest absolute Gasteiger partial charge is 0.429 e. The van der Waals surface area contributed by atoms with Crippen LogP contribution in [0, 0.1) is 6.92 Å². The molecule has 0 aliphatic carbocycles. The first-order valence-corrected chi connectivity index (χ1v) is 6.92. The Bertz CT molecular complexity index is 751. The number of aryl methyl sites for hydroxylation is 1. The van der Waals surface area contributed by atoms with Gasteiger partial charge in [-0.25, -0.2) is 4.99 Å². The standard InChI is InChI=1S/C16H11ClF3NO/c1-9-2-4-11(5-3-9)22-14-6-10-7-15(16(18,19)20)21-13(10)8-12(14)17/h2-6,8H,7H2,1H3. The van der Waals surface area contributed by atoms with Gasteiger partial charge in [0.2, 0.25) is 0 Å². The number of rotatable bonds is 2. The molecule has 6 heteroatoms. The molecule has 2 aromatic rings. The number of hydrogen-bond acceptors (Lipinski definition) is 2. The van der Waals surface area contributed by atoms with Gasteiger partial charge in [0.25, 0.3) is 0 Å². The van der Waals surface area contributed by atoms with Crippen molar-refractivity contribution in [3.63, 3.8) is 0 Å². The number of fused-ring (bicyclic) bond motifs is 1. The maximum Gasteiger partial charge on any atom is 0.429 e. The van der Waals surface area contributed by atoms with Crippen LogP contribution in [0.5, 0.6) is 11.5 Å². The number of alkyl halides is 3. The molecule has 2 aromatic carbocycles. The van der Waals surface area contributed by atoms with Crippen LogP contribution in [0.4, 0.5) is 18.9 Å². The first-order valence-electron chi connectivity index (χ1n) is 6.54. The van der Waals surface area contributed by atoms with Gasteiger partial charge < -0.3 is 4.74 Å². The van der Waals surface area contributed by atoms with Gasteiger partial charge in [-0.15, -0.1) is 0 Å². The molecule has 1 aliphatic heterocycles. The van der Waals surface area contributed by atoms with Gasteiger partial charge in [-0.1, -0.05) is 29.3 Å². The van der Waals surface area contributed by atoms with Gasteiger partial charge in [0.15, 0.2) is 0 Å². The Kier molecular flexibility index (Phi) is 3.60.